The van der Waals surface area contributed by atoms with E-state index in [0.29, 0.717) is 0 Å². The van der Waals surface area contributed by atoms with Gasteiger partial charge < -0.3 is 5.11 Å². The second-order valence-corrected chi connectivity index (χ2v) is 4.27. The van der Waals surface area contributed by atoms with Crippen LogP contribution >= 0.6 is 62.3 Å². The van der Waals surface area contributed by atoms with Gasteiger partial charge in [-0.1, -0.05) is 46.4 Å². The molecule has 0 aliphatic carbocycles. The Balaban J connectivity index is 5.06. The Hall–Kier alpha value is 0.590. The van der Waals surface area contributed by atoms with E-state index in [-0.39, 0.29) is 14.0 Å². The smallest absolute Gasteiger partial charge is 0.348 e. The van der Waals surface area contributed by atoms with Crippen molar-refractivity contribution < 1.29 is 9.90 Å². The van der Waals surface area contributed by atoms with Gasteiger partial charge in [0.05, 0.1) is 10.1 Å². The summed E-state index contributed by atoms with van der Waals surface area (Å²) < 4.78 is -0.00596. The summed E-state index contributed by atoms with van der Waals surface area (Å²) in [5.74, 6) is -1.37. The quantitative estimate of drug-likeness (QED) is 0.622. The predicted molar refractivity (Wildman–Crippen MR) is 54.0 cm³/mol. The predicted octanol–water partition coefficient (Wildman–Crippen LogP) is 3.80. The molecule has 0 aromatic carbocycles. The molecule has 0 aromatic heterocycles. The minimum Gasteiger partial charge on any atom is -0.477 e. The molecule has 12 heavy (non-hydrogen) atoms. The molecule has 7 heteroatoms. The van der Waals surface area contributed by atoms with Crippen LogP contribution in [0, 0.1) is 0 Å². The van der Waals surface area contributed by atoms with Crippen molar-refractivity contribution in [2.75, 3.05) is 0 Å². The Bertz CT molecular complexity index is 267. The molecule has 0 unspecified atom stereocenters. The molecule has 0 fully saturated rings. The normalized spacial score (nSPS) is 15.1. The van der Waals surface area contributed by atoms with E-state index in [2.05, 4.69) is 15.9 Å². The largest absolute Gasteiger partial charge is 0.477 e. The summed E-state index contributed by atoms with van der Waals surface area (Å²) in [5.41, 5.74) is 0. The summed E-state index contributed by atoms with van der Waals surface area (Å²) >= 11 is 24.3. The molecule has 68 valence electrons. The third-order valence-electron chi connectivity index (χ3n) is 0.739. The molecule has 0 radical (unpaired) electrons. The Morgan fingerprint density at radius 1 is 1.00 bits per heavy atom. The van der Waals surface area contributed by atoms with E-state index in [9.17, 15) is 4.79 Å². The number of aliphatic carboxylic acids is 1. The van der Waals surface area contributed by atoms with Gasteiger partial charge in [0.2, 0.25) is 0 Å². The first-order valence-electron chi connectivity index (χ1n) is 2.37. The number of carboxylic acids is 1. The summed E-state index contributed by atoms with van der Waals surface area (Å²) in [6.07, 6.45) is 0. The van der Waals surface area contributed by atoms with E-state index in [1.807, 2.05) is 0 Å². The minimum atomic E-state index is -1.37. The van der Waals surface area contributed by atoms with E-state index in [0.717, 1.165) is 0 Å². The van der Waals surface area contributed by atoms with Crippen LogP contribution in [0.3, 0.4) is 0 Å². The zero-order valence-electron chi connectivity index (χ0n) is 5.25. The lowest BCUT2D eigenvalue weighted by Crippen LogP contribution is -1.96. The van der Waals surface area contributed by atoms with Crippen LogP contribution in [0.15, 0.2) is 19.0 Å². The maximum atomic E-state index is 10.3. The lowest BCUT2D eigenvalue weighted by Gasteiger charge is -1.97. The summed E-state index contributed by atoms with van der Waals surface area (Å²) in [6, 6.07) is 0. The first kappa shape index (κ1) is 12.6. The van der Waals surface area contributed by atoms with E-state index in [1.54, 1.807) is 0 Å². The monoisotopic (exact) mass is 312 g/mol. The van der Waals surface area contributed by atoms with Gasteiger partial charge >= 0.3 is 5.97 Å². The molecule has 0 bridgehead atoms. The number of rotatable bonds is 2. The van der Waals surface area contributed by atoms with Crippen molar-refractivity contribution in [2.45, 2.75) is 0 Å². The standard InChI is InChI=1S/C5HBrCl4O2/c6-4(10)2(8)1(7)3(9)5(11)12/h(H,11,12)/b3-1+,4-2+. The number of carboxylic acid groups (broad SMARTS) is 1. The fourth-order valence-corrected chi connectivity index (χ4v) is 1.14. The molecule has 0 rings (SSSR count). The third kappa shape index (κ3) is 3.54. The number of allylic oxidation sites excluding steroid dienone is 2. The van der Waals surface area contributed by atoms with Gasteiger partial charge in [-0.2, -0.15) is 0 Å². The molecule has 0 saturated heterocycles. The van der Waals surface area contributed by atoms with E-state index < -0.39 is 11.0 Å². The SMILES string of the molecule is O=C(O)/C(Cl)=C(Cl)/C(Cl)=C(\Cl)Br. The lowest BCUT2D eigenvalue weighted by atomic mass is 10.5. The molecule has 0 spiro atoms. The summed E-state index contributed by atoms with van der Waals surface area (Å²) in [7, 11) is 0. The van der Waals surface area contributed by atoms with Gasteiger partial charge in [-0.15, -0.1) is 0 Å². The highest BCUT2D eigenvalue weighted by atomic mass is 79.9. The number of hydrogen-bond acceptors (Lipinski definition) is 1. The van der Waals surface area contributed by atoms with Crippen LogP contribution in [0.2, 0.25) is 0 Å². The summed E-state index contributed by atoms with van der Waals surface area (Å²) in [5, 5.41) is 7.33. The molecule has 0 aliphatic heterocycles. The second-order valence-electron chi connectivity index (χ2n) is 1.51. The summed E-state index contributed by atoms with van der Waals surface area (Å²) in [4.78, 5) is 10.3. The molecule has 1 N–H and O–H groups in total. The van der Waals surface area contributed by atoms with Crippen LogP contribution in [-0.4, -0.2) is 11.1 Å². The highest BCUT2D eigenvalue weighted by Gasteiger charge is 2.14. The second kappa shape index (κ2) is 5.35. The van der Waals surface area contributed by atoms with E-state index in [4.69, 9.17) is 51.5 Å². The Kier molecular flexibility index (Phi) is 5.61. The molecular weight excluding hydrogens is 314 g/mol. The number of carbonyl (C=O) groups is 1. The average Bonchev–Trinajstić information content (AvgIpc) is 2.00. The fourth-order valence-electron chi connectivity index (χ4n) is 0.273. The molecule has 0 saturated carbocycles. The van der Waals surface area contributed by atoms with Gasteiger partial charge in [-0.3, -0.25) is 0 Å². The zero-order chi connectivity index (χ0) is 9.89. The van der Waals surface area contributed by atoms with Crippen LogP contribution in [0.5, 0.6) is 0 Å². The first-order chi connectivity index (χ1) is 5.37. The third-order valence-corrected chi connectivity index (χ3v) is 2.95. The molecular formula is C5HBrCl4O2. The van der Waals surface area contributed by atoms with Gasteiger partial charge in [-0.05, 0) is 15.9 Å². The Labute approximate surface area is 96.9 Å². The van der Waals surface area contributed by atoms with Crippen molar-refractivity contribution in [3.8, 4) is 0 Å². The van der Waals surface area contributed by atoms with Gasteiger partial charge in [0.25, 0.3) is 0 Å². The molecule has 0 atom stereocenters. The van der Waals surface area contributed by atoms with Crippen molar-refractivity contribution in [3.63, 3.8) is 0 Å². The highest BCUT2D eigenvalue weighted by molar-refractivity contribution is 9.12. The average molecular weight is 315 g/mol. The van der Waals surface area contributed by atoms with Gasteiger partial charge in [0.1, 0.15) is 8.97 Å². The maximum Gasteiger partial charge on any atom is 0.348 e. The Morgan fingerprint density at radius 2 is 1.42 bits per heavy atom. The van der Waals surface area contributed by atoms with Crippen molar-refractivity contribution in [2.24, 2.45) is 0 Å². The van der Waals surface area contributed by atoms with Gasteiger partial charge in [0, 0.05) is 0 Å². The maximum absolute atomic E-state index is 10.3. The molecule has 0 heterocycles. The number of halogens is 5. The van der Waals surface area contributed by atoms with Crippen LogP contribution in [0.25, 0.3) is 0 Å². The Morgan fingerprint density at radius 3 is 1.67 bits per heavy atom. The van der Waals surface area contributed by atoms with Crippen LogP contribution in [-0.2, 0) is 4.79 Å². The van der Waals surface area contributed by atoms with Crippen molar-refractivity contribution in [1.82, 2.24) is 0 Å². The van der Waals surface area contributed by atoms with Crippen LogP contribution in [0.1, 0.15) is 0 Å². The van der Waals surface area contributed by atoms with Crippen molar-refractivity contribution >= 4 is 68.3 Å². The fraction of sp³-hybridized carbons (Fsp3) is 0. The van der Waals surface area contributed by atoms with Gasteiger partial charge in [0.15, 0.2) is 0 Å². The van der Waals surface area contributed by atoms with Crippen molar-refractivity contribution in [3.05, 3.63) is 19.0 Å². The van der Waals surface area contributed by atoms with Gasteiger partial charge in [-0.25, -0.2) is 4.79 Å². The first-order valence-corrected chi connectivity index (χ1v) is 4.68. The van der Waals surface area contributed by atoms with E-state index in [1.165, 1.54) is 0 Å². The zero-order valence-corrected chi connectivity index (χ0v) is 9.85. The molecule has 0 aromatic rings. The molecule has 0 aliphatic rings. The van der Waals surface area contributed by atoms with E-state index >= 15 is 0 Å². The minimum absolute atomic E-state index is 0.00596. The topological polar surface area (TPSA) is 37.3 Å². The van der Waals surface area contributed by atoms with Crippen molar-refractivity contribution in [1.29, 1.82) is 0 Å². The number of hydrogen-bond donors (Lipinski definition) is 1. The molecule has 0 amide bonds. The van der Waals surface area contributed by atoms with Crippen LogP contribution < -0.4 is 0 Å². The highest BCUT2D eigenvalue weighted by Crippen LogP contribution is 2.32. The summed E-state index contributed by atoms with van der Waals surface area (Å²) in [6.45, 7) is 0. The van der Waals surface area contributed by atoms with Crippen LogP contribution in [0.4, 0.5) is 0 Å². The lowest BCUT2D eigenvalue weighted by molar-refractivity contribution is -0.131. The molecule has 2 nitrogen and oxygen atoms in total.